The summed E-state index contributed by atoms with van der Waals surface area (Å²) in [7, 11) is -3.43. The summed E-state index contributed by atoms with van der Waals surface area (Å²) < 4.78 is 41.2. The summed E-state index contributed by atoms with van der Waals surface area (Å²) in [4.78, 5) is 12.5. The van der Waals surface area contributed by atoms with E-state index in [0.29, 0.717) is 34.2 Å². The molecule has 0 atom stereocenters. The standard InChI is InChI=1S/C17H16N2O6S/c1-26(21,22)19-6-7-23-14-5-3-12(9-13(14)19)18-17(20)11-2-4-15-16(8-11)25-10-24-15/h2-5,8-9H,6-7,10H2,1H3,(H,18,20). The summed E-state index contributed by atoms with van der Waals surface area (Å²) in [6, 6.07) is 9.79. The number of ether oxygens (including phenoxy) is 3. The fraction of sp³-hybridized carbons (Fsp3) is 0.235. The molecule has 0 saturated heterocycles. The van der Waals surface area contributed by atoms with E-state index in [-0.39, 0.29) is 25.9 Å². The minimum Gasteiger partial charge on any atom is -0.489 e. The number of rotatable bonds is 3. The van der Waals surface area contributed by atoms with Crippen LogP contribution in [-0.2, 0) is 10.0 Å². The van der Waals surface area contributed by atoms with E-state index in [1.807, 2.05) is 0 Å². The predicted octanol–water partition coefficient (Wildman–Crippen LogP) is 1.83. The lowest BCUT2D eigenvalue weighted by Crippen LogP contribution is -2.37. The monoisotopic (exact) mass is 376 g/mol. The molecular formula is C17H16N2O6S. The second-order valence-corrected chi connectivity index (χ2v) is 7.80. The highest BCUT2D eigenvalue weighted by Crippen LogP contribution is 2.36. The summed E-state index contributed by atoms with van der Waals surface area (Å²) in [5.41, 5.74) is 1.27. The lowest BCUT2D eigenvalue weighted by molar-refractivity contribution is 0.102. The van der Waals surface area contributed by atoms with Gasteiger partial charge in [-0.1, -0.05) is 0 Å². The van der Waals surface area contributed by atoms with Gasteiger partial charge in [0.1, 0.15) is 12.4 Å². The van der Waals surface area contributed by atoms with Crippen molar-refractivity contribution in [3.8, 4) is 17.2 Å². The first-order valence-electron chi connectivity index (χ1n) is 7.87. The van der Waals surface area contributed by atoms with Crippen LogP contribution in [0.4, 0.5) is 11.4 Å². The van der Waals surface area contributed by atoms with Gasteiger partial charge in [0.05, 0.1) is 18.5 Å². The second kappa shape index (κ2) is 6.10. The Morgan fingerprint density at radius 1 is 1.04 bits per heavy atom. The Morgan fingerprint density at radius 3 is 2.62 bits per heavy atom. The van der Waals surface area contributed by atoms with Crippen LogP contribution in [0.25, 0.3) is 0 Å². The molecule has 2 aromatic rings. The molecule has 0 fully saturated rings. The number of anilines is 2. The number of amides is 1. The van der Waals surface area contributed by atoms with Gasteiger partial charge in [-0.2, -0.15) is 0 Å². The molecule has 2 heterocycles. The summed E-state index contributed by atoms with van der Waals surface area (Å²) in [5, 5.41) is 2.76. The Bertz CT molecular complexity index is 989. The van der Waals surface area contributed by atoms with Gasteiger partial charge in [0.25, 0.3) is 5.91 Å². The van der Waals surface area contributed by atoms with Crippen LogP contribution in [0.1, 0.15) is 10.4 Å². The minimum absolute atomic E-state index is 0.132. The average molecular weight is 376 g/mol. The van der Waals surface area contributed by atoms with Crippen molar-refractivity contribution in [3.05, 3.63) is 42.0 Å². The number of hydrogen-bond acceptors (Lipinski definition) is 6. The van der Waals surface area contributed by atoms with Gasteiger partial charge in [-0.3, -0.25) is 9.10 Å². The zero-order valence-corrected chi connectivity index (χ0v) is 14.7. The van der Waals surface area contributed by atoms with E-state index in [0.717, 1.165) is 6.26 Å². The van der Waals surface area contributed by atoms with Gasteiger partial charge in [0, 0.05) is 11.3 Å². The van der Waals surface area contributed by atoms with Crippen molar-refractivity contribution < 1.29 is 27.4 Å². The molecular weight excluding hydrogens is 360 g/mol. The minimum atomic E-state index is -3.43. The van der Waals surface area contributed by atoms with Crippen molar-refractivity contribution in [3.63, 3.8) is 0 Å². The van der Waals surface area contributed by atoms with Crippen LogP contribution < -0.4 is 23.8 Å². The molecule has 0 aliphatic carbocycles. The fourth-order valence-electron chi connectivity index (χ4n) is 2.86. The van der Waals surface area contributed by atoms with Crippen molar-refractivity contribution in [1.29, 1.82) is 0 Å². The number of nitrogens with zero attached hydrogens (tertiary/aromatic N) is 1. The van der Waals surface area contributed by atoms with Gasteiger partial charge in [-0.05, 0) is 36.4 Å². The average Bonchev–Trinajstić information content (AvgIpc) is 3.08. The first kappa shape index (κ1) is 16.5. The normalized spacial score (nSPS) is 15.2. The van der Waals surface area contributed by atoms with Gasteiger partial charge in [0.15, 0.2) is 11.5 Å². The van der Waals surface area contributed by atoms with Crippen molar-refractivity contribution in [1.82, 2.24) is 0 Å². The van der Waals surface area contributed by atoms with Crippen molar-refractivity contribution >= 4 is 27.3 Å². The van der Waals surface area contributed by atoms with Gasteiger partial charge < -0.3 is 19.5 Å². The highest BCUT2D eigenvalue weighted by Gasteiger charge is 2.26. The van der Waals surface area contributed by atoms with E-state index in [4.69, 9.17) is 14.2 Å². The van der Waals surface area contributed by atoms with Crippen LogP contribution in [0.5, 0.6) is 17.2 Å². The lowest BCUT2D eigenvalue weighted by atomic mass is 10.1. The van der Waals surface area contributed by atoms with Crippen molar-refractivity contribution in [2.24, 2.45) is 0 Å². The van der Waals surface area contributed by atoms with Crippen LogP contribution >= 0.6 is 0 Å². The maximum atomic E-state index is 12.5. The molecule has 136 valence electrons. The fourth-order valence-corrected chi connectivity index (χ4v) is 3.76. The number of carbonyl (C=O) groups is 1. The predicted molar refractivity (Wildman–Crippen MR) is 94.6 cm³/mol. The van der Waals surface area contributed by atoms with Gasteiger partial charge in [-0.25, -0.2) is 8.42 Å². The van der Waals surface area contributed by atoms with Crippen LogP contribution in [0.2, 0.25) is 0 Å². The Hall–Kier alpha value is -2.94. The Kier molecular flexibility index (Phi) is 3.87. The molecule has 2 aromatic carbocycles. The molecule has 2 aliphatic rings. The zero-order valence-electron chi connectivity index (χ0n) is 13.9. The molecule has 1 N–H and O–H groups in total. The molecule has 0 unspecified atom stereocenters. The Labute approximate surface area is 150 Å². The highest BCUT2D eigenvalue weighted by molar-refractivity contribution is 7.92. The van der Waals surface area contributed by atoms with E-state index in [1.165, 1.54) is 4.31 Å². The van der Waals surface area contributed by atoms with E-state index < -0.39 is 10.0 Å². The third-order valence-electron chi connectivity index (χ3n) is 4.07. The number of fused-ring (bicyclic) bond motifs is 2. The molecule has 26 heavy (non-hydrogen) atoms. The van der Waals surface area contributed by atoms with E-state index in [1.54, 1.807) is 36.4 Å². The van der Waals surface area contributed by atoms with Crippen molar-refractivity contribution in [2.75, 3.05) is 35.8 Å². The summed E-state index contributed by atoms with van der Waals surface area (Å²) in [6.07, 6.45) is 1.14. The van der Waals surface area contributed by atoms with Gasteiger partial charge in [0.2, 0.25) is 16.8 Å². The number of carbonyl (C=O) groups excluding carboxylic acids is 1. The molecule has 0 radical (unpaired) electrons. The molecule has 1 amide bonds. The topological polar surface area (TPSA) is 94.2 Å². The smallest absolute Gasteiger partial charge is 0.255 e. The zero-order chi connectivity index (χ0) is 18.3. The maximum absolute atomic E-state index is 12.5. The Balaban J connectivity index is 1.60. The highest BCUT2D eigenvalue weighted by atomic mass is 32.2. The summed E-state index contributed by atoms with van der Waals surface area (Å²) in [6.45, 7) is 0.640. The number of hydrogen-bond donors (Lipinski definition) is 1. The first-order valence-corrected chi connectivity index (χ1v) is 9.72. The van der Waals surface area contributed by atoms with Crippen LogP contribution in [0.3, 0.4) is 0 Å². The quantitative estimate of drug-likeness (QED) is 0.878. The van der Waals surface area contributed by atoms with E-state index in [9.17, 15) is 13.2 Å². The number of nitrogens with one attached hydrogen (secondary N) is 1. The molecule has 2 aliphatic heterocycles. The van der Waals surface area contributed by atoms with Gasteiger partial charge >= 0.3 is 0 Å². The van der Waals surface area contributed by atoms with Crippen LogP contribution in [-0.4, -0.2) is 40.5 Å². The summed E-state index contributed by atoms with van der Waals surface area (Å²) >= 11 is 0. The summed E-state index contributed by atoms with van der Waals surface area (Å²) in [5.74, 6) is 1.23. The van der Waals surface area contributed by atoms with Crippen molar-refractivity contribution in [2.45, 2.75) is 0 Å². The van der Waals surface area contributed by atoms with Crippen LogP contribution in [0.15, 0.2) is 36.4 Å². The van der Waals surface area contributed by atoms with Crippen LogP contribution in [0, 0.1) is 0 Å². The molecule has 9 heteroatoms. The lowest BCUT2D eigenvalue weighted by Gasteiger charge is -2.29. The third kappa shape index (κ3) is 3.01. The van der Waals surface area contributed by atoms with E-state index >= 15 is 0 Å². The molecule has 0 saturated carbocycles. The molecule has 0 spiro atoms. The molecule has 8 nitrogen and oxygen atoms in total. The SMILES string of the molecule is CS(=O)(=O)N1CCOc2ccc(NC(=O)c3ccc4c(c3)OCO4)cc21. The molecule has 4 rings (SSSR count). The second-order valence-electron chi connectivity index (χ2n) is 5.89. The molecule has 0 aromatic heterocycles. The van der Waals surface area contributed by atoms with Gasteiger partial charge in [-0.15, -0.1) is 0 Å². The molecule has 0 bridgehead atoms. The third-order valence-corrected chi connectivity index (χ3v) is 5.25. The number of benzene rings is 2. The Morgan fingerprint density at radius 2 is 1.81 bits per heavy atom. The largest absolute Gasteiger partial charge is 0.489 e. The number of sulfonamides is 1. The first-order chi connectivity index (χ1) is 12.4. The van der Waals surface area contributed by atoms with E-state index in [2.05, 4.69) is 5.32 Å². The maximum Gasteiger partial charge on any atom is 0.255 e.